The summed E-state index contributed by atoms with van der Waals surface area (Å²) in [4.78, 5) is 24.1. The molecule has 0 aliphatic carbocycles. The van der Waals surface area contributed by atoms with E-state index in [1.165, 1.54) is 11.3 Å². The van der Waals surface area contributed by atoms with Gasteiger partial charge in [0.15, 0.2) is 0 Å². The Hall–Kier alpha value is -2.34. The summed E-state index contributed by atoms with van der Waals surface area (Å²) in [6.07, 6.45) is 0.842. The second kappa shape index (κ2) is 7.78. The Morgan fingerprint density at radius 1 is 1.22 bits per heavy atom. The number of carbonyl (C=O) groups excluding carboxylic acids is 1. The fraction of sp³-hybridized carbons (Fsp3) is 0.294. The largest absolute Gasteiger partial charge is 0.494 e. The zero-order valence-electron chi connectivity index (χ0n) is 13.1. The molecule has 6 heteroatoms. The van der Waals surface area contributed by atoms with Gasteiger partial charge in [-0.15, -0.1) is 11.3 Å². The molecule has 0 unspecified atom stereocenters. The molecule has 122 valence electrons. The van der Waals surface area contributed by atoms with E-state index in [0.717, 1.165) is 10.6 Å². The molecule has 1 aromatic carbocycles. The fourth-order valence-corrected chi connectivity index (χ4v) is 3.17. The first-order valence-corrected chi connectivity index (χ1v) is 8.11. The maximum absolute atomic E-state index is 12.0. The first kappa shape index (κ1) is 17.0. The smallest absolute Gasteiger partial charge is 0.338 e. The van der Waals surface area contributed by atoms with Crippen LogP contribution in [0.15, 0.2) is 30.3 Å². The van der Waals surface area contributed by atoms with E-state index in [9.17, 15) is 14.7 Å². The van der Waals surface area contributed by atoms with E-state index in [1.54, 1.807) is 6.92 Å². The molecular weight excluding hydrogens is 314 g/mol. The van der Waals surface area contributed by atoms with Crippen molar-refractivity contribution >= 4 is 28.2 Å². The molecule has 2 N–H and O–H groups in total. The first-order chi connectivity index (χ1) is 11.0. The highest BCUT2D eigenvalue weighted by molar-refractivity contribution is 7.16. The van der Waals surface area contributed by atoms with Gasteiger partial charge in [-0.3, -0.25) is 4.79 Å². The van der Waals surface area contributed by atoms with Crippen LogP contribution in [0.4, 0.5) is 5.00 Å². The Kier molecular flexibility index (Phi) is 5.76. The molecule has 0 aliphatic rings. The van der Waals surface area contributed by atoms with Crippen molar-refractivity contribution in [2.45, 2.75) is 26.7 Å². The standard InChI is InChI=1S/C17H19NO4S/c1-11-12(2)23-16(15(11)17(20)21)18-14(19)9-6-10-22-13-7-4-3-5-8-13/h3-5,7-8H,6,9-10H2,1-2H3,(H,18,19)(H,20,21). The maximum Gasteiger partial charge on any atom is 0.338 e. The Bertz CT molecular complexity index is 694. The number of hydrogen-bond acceptors (Lipinski definition) is 4. The van der Waals surface area contributed by atoms with Gasteiger partial charge in [-0.2, -0.15) is 0 Å². The van der Waals surface area contributed by atoms with Crippen molar-refractivity contribution in [1.82, 2.24) is 0 Å². The molecule has 0 radical (unpaired) electrons. The topological polar surface area (TPSA) is 75.6 Å². The third-order valence-corrected chi connectivity index (χ3v) is 4.53. The lowest BCUT2D eigenvalue weighted by atomic mass is 10.1. The number of thiophene rings is 1. The minimum absolute atomic E-state index is 0.182. The van der Waals surface area contributed by atoms with Gasteiger partial charge in [0.2, 0.25) is 5.91 Å². The number of aromatic carboxylic acids is 1. The average molecular weight is 333 g/mol. The number of nitrogens with one attached hydrogen (secondary N) is 1. The van der Waals surface area contributed by atoms with Gasteiger partial charge in [0.05, 0.1) is 12.2 Å². The predicted molar refractivity (Wildman–Crippen MR) is 90.6 cm³/mol. The monoisotopic (exact) mass is 333 g/mol. The molecule has 0 spiro atoms. The summed E-state index contributed by atoms with van der Waals surface area (Å²) in [6, 6.07) is 9.39. The lowest BCUT2D eigenvalue weighted by Crippen LogP contribution is -2.14. The molecule has 0 atom stereocenters. The summed E-state index contributed by atoms with van der Waals surface area (Å²) >= 11 is 1.29. The van der Waals surface area contributed by atoms with Crippen LogP contribution >= 0.6 is 11.3 Å². The summed E-state index contributed by atoms with van der Waals surface area (Å²) in [5.74, 6) is -0.453. The van der Waals surface area contributed by atoms with E-state index in [2.05, 4.69) is 5.32 Å². The van der Waals surface area contributed by atoms with Crippen molar-refractivity contribution in [3.8, 4) is 5.75 Å². The third-order valence-electron chi connectivity index (χ3n) is 3.41. The Morgan fingerprint density at radius 3 is 2.57 bits per heavy atom. The molecule has 1 heterocycles. The number of amides is 1. The van der Waals surface area contributed by atoms with Crippen molar-refractivity contribution in [3.63, 3.8) is 0 Å². The van der Waals surface area contributed by atoms with E-state index in [-0.39, 0.29) is 17.9 Å². The van der Waals surface area contributed by atoms with Gasteiger partial charge in [0, 0.05) is 11.3 Å². The van der Waals surface area contributed by atoms with Crippen molar-refractivity contribution in [1.29, 1.82) is 0 Å². The quantitative estimate of drug-likeness (QED) is 0.754. The van der Waals surface area contributed by atoms with Crippen molar-refractivity contribution in [2.75, 3.05) is 11.9 Å². The average Bonchev–Trinajstić information content (AvgIpc) is 2.79. The summed E-state index contributed by atoms with van der Waals surface area (Å²) < 4.78 is 5.52. The number of carbonyl (C=O) groups is 2. The third kappa shape index (κ3) is 4.56. The molecule has 0 bridgehead atoms. The number of anilines is 1. The molecular formula is C17H19NO4S. The number of carboxylic acids is 1. The van der Waals surface area contributed by atoms with Crippen LogP contribution in [0.25, 0.3) is 0 Å². The van der Waals surface area contributed by atoms with Gasteiger partial charge >= 0.3 is 5.97 Å². The minimum atomic E-state index is -1.02. The fourth-order valence-electron chi connectivity index (χ4n) is 2.10. The van der Waals surface area contributed by atoms with Crippen molar-refractivity contribution in [3.05, 3.63) is 46.3 Å². The molecule has 23 heavy (non-hydrogen) atoms. The number of benzene rings is 1. The van der Waals surface area contributed by atoms with Crippen LogP contribution < -0.4 is 10.1 Å². The summed E-state index contributed by atoms with van der Waals surface area (Å²) in [7, 11) is 0. The van der Waals surface area contributed by atoms with E-state index in [4.69, 9.17) is 4.74 Å². The molecule has 0 aliphatic heterocycles. The number of carboxylic acid groups (broad SMARTS) is 1. The Labute approximate surface area is 138 Å². The van der Waals surface area contributed by atoms with E-state index < -0.39 is 5.97 Å². The molecule has 2 rings (SSSR count). The normalized spacial score (nSPS) is 10.3. The van der Waals surface area contributed by atoms with Crippen molar-refractivity contribution in [2.24, 2.45) is 0 Å². The van der Waals surface area contributed by atoms with Crippen LogP contribution in [0, 0.1) is 13.8 Å². The molecule has 0 fully saturated rings. The second-order valence-electron chi connectivity index (χ2n) is 5.11. The Balaban J connectivity index is 1.83. The molecule has 1 aromatic heterocycles. The van der Waals surface area contributed by atoms with E-state index >= 15 is 0 Å². The second-order valence-corrected chi connectivity index (χ2v) is 6.33. The predicted octanol–water partition coefficient (Wildman–Crippen LogP) is 3.86. The number of hydrogen-bond donors (Lipinski definition) is 2. The maximum atomic E-state index is 12.0. The van der Waals surface area contributed by atoms with Gasteiger partial charge in [-0.25, -0.2) is 4.79 Å². The van der Waals surface area contributed by atoms with Crippen LogP contribution in [0.1, 0.15) is 33.6 Å². The number of para-hydroxylation sites is 1. The first-order valence-electron chi connectivity index (χ1n) is 7.30. The number of ether oxygens (including phenoxy) is 1. The van der Waals surface area contributed by atoms with Crippen LogP contribution in [0.3, 0.4) is 0 Å². The summed E-state index contributed by atoms with van der Waals surface area (Å²) in [5.41, 5.74) is 0.881. The van der Waals surface area contributed by atoms with Gasteiger partial charge in [0.25, 0.3) is 0 Å². The summed E-state index contributed by atoms with van der Waals surface area (Å²) in [6.45, 7) is 4.03. The van der Waals surface area contributed by atoms with Gasteiger partial charge in [-0.1, -0.05) is 18.2 Å². The molecule has 0 saturated heterocycles. The number of rotatable bonds is 7. The SMILES string of the molecule is Cc1sc(NC(=O)CCCOc2ccccc2)c(C(=O)O)c1C. The van der Waals surface area contributed by atoms with Crippen LogP contribution in [0.5, 0.6) is 5.75 Å². The zero-order chi connectivity index (χ0) is 16.8. The summed E-state index contributed by atoms with van der Waals surface area (Å²) in [5, 5.41) is 12.3. The molecule has 2 aromatic rings. The van der Waals surface area contributed by atoms with Crippen LogP contribution in [-0.2, 0) is 4.79 Å². The van der Waals surface area contributed by atoms with Gasteiger partial charge < -0.3 is 15.2 Å². The highest BCUT2D eigenvalue weighted by atomic mass is 32.1. The zero-order valence-corrected chi connectivity index (χ0v) is 13.9. The molecule has 5 nitrogen and oxygen atoms in total. The van der Waals surface area contributed by atoms with E-state index in [0.29, 0.717) is 23.6 Å². The minimum Gasteiger partial charge on any atom is -0.494 e. The lowest BCUT2D eigenvalue weighted by Gasteiger charge is -2.07. The van der Waals surface area contributed by atoms with Crippen molar-refractivity contribution < 1.29 is 19.4 Å². The van der Waals surface area contributed by atoms with Gasteiger partial charge in [-0.05, 0) is 38.0 Å². The van der Waals surface area contributed by atoms with Crippen LogP contribution in [0.2, 0.25) is 0 Å². The Morgan fingerprint density at radius 2 is 1.91 bits per heavy atom. The molecule has 0 saturated carbocycles. The highest BCUT2D eigenvalue weighted by Gasteiger charge is 2.20. The number of aryl methyl sites for hydroxylation is 1. The highest BCUT2D eigenvalue weighted by Crippen LogP contribution is 2.32. The molecule has 1 amide bonds. The lowest BCUT2D eigenvalue weighted by molar-refractivity contribution is -0.116. The van der Waals surface area contributed by atoms with Gasteiger partial charge in [0.1, 0.15) is 10.8 Å². The van der Waals surface area contributed by atoms with E-state index in [1.807, 2.05) is 37.3 Å². The van der Waals surface area contributed by atoms with Crippen LogP contribution in [-0.4, -0.2) is 23.6 Å².